The van der Waals surface area contributed by atoms with Crippen LogP contribution >= 0.6 is 0 Å². The predicted octanol–water partition coefficient (Wildman–Crippen LogP) is 2.83. The molecule has 33 heavy (non-hydrogen) atoms. The van der Waals surface area contributed by atoms with Gasteiger partial charge in [0.05, 0.1) is 6.04 Å². The first-order valence-electron chi connectivity index (χ1n) is 9.75. The molecule has 1 aromatic carbocycles. The quantitative estimate of drug-likeness (QED) is 0.166. The van der Waals surface area contributed by atoms with Crippen LogP contribution in [0.2, 0.25) is 0 Å². The fourth-order valence-corrected chi connectivity index (χ4v) is 3.34. The predicted molar refractivity (Wildman–Crippen MR) is 110 cm³/mol. The Hall–Kier alpha value is -3.70. The molecule has 0 aliphatic carbocycles. The van der Waals surface area contributed by atoms with Crippen molar-refractivity contribution in [3.8, 4) is 0 Å². The molecular weight excluding hydrogens is 448 g/mol. The number of rotatable bonds is 6. The van der Waals surface area contributed by atoms with E-state index >= 15 is 0 Å². The fourth-order valence-electron chi connectivity index (χ4n) is 3.34. The second-order valence-corrected chi connectivity index (χ2v) is 7.13. The summed E-state index contributed by atoms with van der Waals surface area (Å²) in [5.74, 6) is -4.94. The molecule has 1 saturated heterocycles. The maximum absolute atomic E-state index is 13.2. The van der Waals surface area contributed by atoms with Crippen molar-refractivity contribution in [1.82, 2.24) is 10.2 Å². The van der Waals surface area contributed by atoms with Gasteiger partial charge in [0.25, 0.3) is 5.91 Å². The highest BCUT2D eigenvalue weighted by Crippen LogP contribution is 2.31. The van der Waals surface area contributed by atoms with Crippen LogP contribution in [-0.2, 0) is 19.1 Å². The molecule has 1 heterocycles. The molecule has 3 N–H and O–H groups in total. The first-order valence-corrected chi connectivity index (χ1v) is 9.75. The highest BCUT2D eigenvalue weighted by Gasteiger charge is 2.34. The van der Waals surface area contributed by atoms with Crippen LogP contribution < -0.4 is 11.1 Å². The van der Waals surface area contributed by atoms with E-state index in [4.69, 9.17) is 5.73 Å². The zero-order valence-electron chi connectivity index (χ0n) is 17.6. The molecular formula is C21H22F4N4O4. The normalized spacial score (nSPS) is 17.7. The van der Waals surface area contributed by atoms with Gasteiger partial charge in [-0.2, -0.15) is 0 Å². The van der Waals surface area contributed by atoms with Crippen LogP contribution in [0.25, 0.3) is 0 Å². The lowest BCUT2D eigenvalue weighted by molar-refractivity contribution is -0.305. The Balaban J connectivity index is 2.23. The number of amides is 3. The van der Waals surface area contributed by atoms with Crippen LogP contribution in [0.15, 0.2) is 52.5 Å². The van der Waals surface area contributed by atoms with E-state index in [-0.39, 0.29) is 12.2 Å². The van der Waals surface area contributed by atoms with E-state index in [0.717, 1.165) is 12.5 Å². The van der Waals surface area contributed by atoms with Gasteiger partial charge in [0, 0.05) is 12.2 Å². The van der Waals surface area contributed by atoms with Crippen LogP contribution in [0.4, 0.5) is 17.6 Å². The van der Waals surface area contributed by atoms with Crippen molar-refractivity contribution in [3.05, 3.63) is 58.9 Å². The van der Waals surface area contributed by atoms with Crippen molar-refractivity contribution in [2.45, 2.75) is 38.6 Å². The number of allylic oxidation sites excluding steroid dienone is 1. The largest absolute Gasteiger partial charge is 0.574 e. The number of carbonyl (C=O) groups is 3. The number of piperidine rings is 1. The van der Waals surface area contributed by atoms with Crippen LogP contribution in [0.1, 0.15) is 37.8 Å². The lowest BCUT2D eigenvalue weighted by Gasteiger charge is -2.35. The van der Waals surface area contributed by atoms with Gasteiger partial charge in [-0.1, -0.05) is 12.1 Å². The molecule has 12 heteroatoms. The van der Waals surface area contributed by atoms with Gasteiger partial charge in [0.15, 0.2) is 0 Å². The summed E-state index contributed by atoms with van der Waals surface area (Å²) in [6.07, 6.45) is -2.35. The van der Waals surface area contributed by atoms with Gasteiger partial charge < -0.3 is 20.7 Å². The van der Waals surface area contributed by atoms with E-state index in [1.807, 2.05) is 0 Å². The Morgan fingerprint density at radius 3 is 2.42 bits per heavy atom. The second-order valence-electron chi connectivity index (χ2n) is 7.13. The van der Waals surface area contributed by atoms with Crippen molar-refractivity contribution < 1.29 is 36.7 Å². The molecule has 0 spiro atoms. The van der Waals surface area contributed by atoms with Crippen LogP contribution in [0.5, 0.6) is 0 Å². The maximum Gasteiger partial charge on any atom is 0.574 e. The monoisotopic (exact) mass is 470 g/mol. The Kier molecular flexibility index (Phi) is 8.32. The van der Waals surface area contributed by atoms with Gasteiger partial charge in [-0.05, 0) is 56.7 Å². The number of nitrogens with zero attached hydrogens (tertiary/aromatic N) is 2. The minimum Gasteiger partial charge on any atom is -0.387 e. The van der Waals surface area contributed by atoms with Crippen molar-refractivity contribution in [3.63, 3.8) is 0 Å². The number of halogens is 4. The lowest BCUT2D eigenvalue weighted by atomic mass is 9.95. The standard InChI is InChI=1S/C21H22F4N4O4/c1-12(11-15(17(26)30)19(27-2)33-21(23,24)25)28-18(31)20(32)29-10-4-3-5-16(29)13-6-8-14(22)9-7-13/h6-9,11,16H,2-5,10H2,1H3,(H2,26,30)(H,28,31)/b12-11+,19-15-/t16-/m0/s1. The molecule has 0 bridgehead atoms. The first kappa shape index (κ1) is 25.6. The molecule has 1 aliphatic heterocycles. The Morgan fingerprint density at radius 1 is 1.24 bits per heavy atom. The molecule has 8 nitrogen and oxygen atoms in total. The molecule has 1 fully saturated rings. The minimum atomic E-state index is -5.16. The summed E-state index contributed by atoms with van der Waals surface area (Å²) in [5.41, 5.74) is 4.78. The van der Waals surface area contributed by atoms with E-state index in [9.17, 15) is 31.9 Å². The van der Waals surface area contributed by atoms with Crippen LogP contribution in [0.3, 0.4) is 0 Å². The summed E-state index contributed by atoms with van der Waals surface area (Å²) < 4.78 is 54.4. The third kappa shape index (κ3) is 7.16. The number of hydrogen-bond acceptors (Lipinski definition) is 5. The third-order valence-corrected chi connectivity index (χ3v) is 4.74. The van der Waals surface area contributed by atoms with Gasteiger partial charge in [-0.25, -0.2) is 9.38 Å². The smallest absolute Gasteiger partial charge is 0.387 e. The number of ether oxygens (including phenoxy) is 1. The Morgan fingerprint density at radius 2 is 1.88 bits per heavy atom. The average Bonchev–Trinajstić information content (AvgIpc) is 2.75. The van der Waals surface area contributed by atoms with E-state index in [1.54, 1.807) is 0 Å². The molecule has 0 unspecified atom stereocenters. The summed E-state index contributed by atoms with van der Waals surface area (Å²) in [5, 5.41) is 2.22. The lowest BCUT2D eigenvalue weighted by Crippen LogP contribution is -2.46. The Labute approximate surface area is 186 Å². The molecule has 3 amide bonds. The average molecular weight is 470 g/mol. The number of carbonyl (C=O) groups excluding carboxylic acids is 3. The summed E-state index contributed by atoms with van der Waals surface area (Å²) in [7, 11) is 0. The fraction of sp³-hybridized carbons (Fsp3) is 0.333. The van der Waals surface area contributed by atoms with E-state index < -0.39 is 47.4 Å². The summed E-state index contributed by atoms with van der Waals surface area (Å²) >= 11 is 0. The molecule has 1 atom stereocenters. The van der Waals surface area contributed by atoms with Gasteiger partial charge in [-0.15, -0.1) is 13.2 Å². The SMILES string of the molecule is C=N/C(OC(F)(F)F)=C(\C=C(/C)NC(=O)C(=O)N1CCCC[C@H]1c1ccc(F)cc1)C(N)=O. The van der Waals surface area contributed by atoms with Gasteiger partial charge in [-0.3, -0.25) is 14.4 Å². The van der Waals surface area contributed by atoms with Crippen molar-refractivity contribution in [2.24, 2.45) is 10.7 Å². The van der Waals surface area contributed by atoms with Gasteiger partial charge in [0.2, 0.25) is 5.88 Å². The zero-order valence-corrected chi connectivity index (χ0v) is 17.6. The number of nitrogens with one attached hydrogen (secondary N) is 1. The van der Waals surface area contributed by atoms with Crippen molar-refractivity contribution in [1.29, 1.82) is 0 Å². The second kappa shape index (κ2) is 10.7. The molecule has 0 aromatic heterocycles. The number of benzene rings is 1. The van der Waals surface area contributed by atoms with Crippen LogP contribution in [-0.4, -0.2) is 42.2 Å². The summed E-state index contributed by atoms with van der Waals surface area (Å²) in [4.78, 5) is 41.2. The van der Waals surface area contributed by atoms with Crippen molar-refractivity contribution in [2.75, 3.05) is 6.54 Å². The molecule has 0 radical (unpaired) electrons. The topological polar surface area (TPSA) is 114 Å². The molecule has 2 rings (SSSR count). The van der Waals surface area contributed by atoms with Gasteiger partial charge in [0.1, 0.15) is 11.4 Å². The van der Waals surface area contributed by atoms with Crippen LogP contribution in [0, 0.1) is 5.82 Å². The molecule has 1 aliphatic rings. The molecule has 178 valence electrons. The van der Waals surface area contributed by atoms with E-state index in [1.165, 1.54) is 36.1 Å². The zero-order chi connectivity index (χ0) is 24.8. The number of aliphatic imine (C=N–C) groups is 1. The number of primary amides is 1. The summed E-state index contributed by atoms with van der Waals surface area (Å²) in [6, 6.07) is 5.13. The minimum absolute atomic E-state index is 0.163. The molecule has 0 saturated carbocycles. The van der Waals surface area contributed by atoms with E-state index in [2.05, 4.69) is 21.8 Å². The highest BCUT2D eigenvalue weighted by atomic mass is 19.4. The van der Waals surface area contributed by atoms with Gasteiger partial charge >= 0.3 is 18.2 Å². The highest BCUT2D eigenvalue weighted by molar-refractivity contribution is 6.35. The molecule has 1 aromatic rings. The number of nitrogens with two attached hydrogens (primary N) is 1. The number of alkyl halides is 3. The third-order valence-electron chi connectivity index (χ3n) is 4.74. The number of likely N-dealkylation sites (tertiary alicyclic amines) is 1. The number of hydrogen-bond donors (Lipinski definition) is 2. The first-order chi connectivity index (χ1) is 15.4. The maximum atomic E-state index is 13.2. The summed E-state index contributed by atoms with van der Waals surface area (Å²) in [6.45, 7) is 4.42. The van der Waals surface area contributed by atoms with Crippen molar-refractivity contribution >= 4 is 24.4 Å². The Bertz CT molecular complexity index is 987. The van der Waals surface area contributed by atoms with E-state index in [0.29, 0.717) is 18.4 Å².